The van der Waals surface area contributed by atoms with E-state index in [1.54, 1.807) is 0 Å². The molecule has 0 bridgehead atoms. The third-order valence-electron chi connectivity index (χ3n) is 4.73. The Kier molecular flexibility index (Phi) is 3.22. The number of hydrogen-bond acceptors (Lipinski definition) is 0. The average molecular weight is 393 g/mol. The van der Waals surface area contributed by atoms with E-state index in [4.69, 9.17) is 0 Å². The molecule has 5 rings (SSSR count). The van der Waals surface area contributed by atoms with Crippen LogP contribution in [0.1, 0.15) is 5.56 Å². The normalized spacial score (nSPS) is 12.2. The molecule has 0 saturated heterocycles. The number of benzene rings is 2. The Labute approximate surface area is 153 Å². The lowest BCUT2D eigenvalue weighted by Gasteiger charge is -2.10. The van der Waals surface area contributed by atoms with Crippen LogP contribution in [-0.4, -0.2) is 9.13 Å². The molecule has 0 radical (unpaired) electrons. The van der Waals surface area contributed by atoms with Gasteiger partial charge >= 0.3 is 0 Å². The lowest BCUT2D eigenvalue weighted by molar-refractivity contribution is 0.628. The maximum Gasteiger partial charge on any atom is 0.123 e. The maximum absolute atomic E-state index is 13.2. The number of hydrogen-bond donors (Lipinski definition) is 0. The molecule has 0 saturated carbocycles. The van der Waals surface area contributed by atoms with Crippen molar-refractivity contribution in [2.24, 2.45) is 0 Å². The summed E-state index contributed by atoms with van der Waals surface area (Å²) in [6, 6.07) is 19.5. The Morgan fingerprint density at radius 1 is 0.880 bits per heavy atom. The molecule has 1 aliphatic rings. The third-order valence-corrected chi connectivity index (χ3v) is 5.22. The molecule has 3 heterocycles. The smallest absolute Gasteiger partial charge is 0.123 e. The van der Waals surface area contributed by atoms with E-state index in [1.165, 1.54) is 23.4 Å². The van der Waals surface area contributed by atoms with Crippen LogP contribution in [0.2, 0.25) is 0 Å². The fourth-order valence-electron chi connectivity index (χ4n) is 3.56. The minimum absolute atomic E-state index is 0.211. The van der Waals surface area contributed by atoms with Crippen molar-refractivity contribution in [1.82, 2.24) is 9.13 Å². The van der Waals surface area contributed by atoms with Crippen LogP contribution < -0.4 is 0 Å². The molecular weight excluding hydrogens is 379 g/mol. The lowest BCUT2D eigenvalue weighted by Crippen LogP contribution is -1.99. The highest BCUT2D eigenvalue weighted by Crippen LogP contribution is 2.35. The van der Waals surface area contributed by atoms with E-state index in [0.717, 1.165) is 33.5 Å². The molecule has 0 atom stereocenters. The molecule has 0 unspecified atom stereocenters. The number of rotatable bonds is 1. The van der Waals surface area contributed by atoms with Gasteiger partial charge < -0.3 is 9.13 Å². The van der Waals surface area contributed by atoms with Gasteiger partial charge in [0.15, 0.2) is 0 Å². The van der Waals surface area contributed by atoms with Gasteiger partial charge in [-0.2, -0.15) is 0 Å². The molecule has 122 valence electrons. The topological polar surface area (TPSA) is 9.86 Å². The Morgan fingerprint density at radius 3 is 2.56 bits per heavy atom. The zero-order valence-electron chi connectivity index (χ0n) is 13.3. The van der Waals surface area contributed by atoms with Crippen molar-refractivity contribution in [3.8, 4) is 28.2 Å². The zero-order valence-corrected chi connectivity index (χ0v) is 14.9. The van der Waals surface area contributed by atoms with Gasteiger partial charge in [0.1, 0.15) is 5.82 Å². The molecule has 4 aromatic rings. The molecule has 4 heteroatoms. The van der Waals surface area contributed by atoms with E-state index < -0.39 is 0 Å². The van der Waals surface area contributed by atoms with Gasteiger partial charge in [0.05, 0.1) is 17.1 Å². The molecule has 0 amide bonds. The first-order valence-electron chi connectivity index (χ1n) is 8.12. The first-order valence-corrected chi connectivity index (χ1v) is 8.91. The van der Waals surface area contributed by atoms with E-state index in [0.29, 0.717) is 0 Å². The number of fused-ring (bicyclic) bond motifs is 5. The molecule has 0 N–H and O–H groups in total. The Bertz CT molecular complexity index is 1090. The van der Waals surface area contributed by atoms with Gasteiger partial charge in [0.25, 0.3) is 0 Å². The second-order valence-electron chi connectivity index (χ2n) is 6.29. The largest absolute Gasteiger partial charge is 0.341 e. The van der Waals surface area contributed by atoms with E-state index in [1.807, 2.05) is 12.1 Å². The molecule has 2 aromatic carbocycles. The van der Waals surface area contributed by atoms with Crippen molar-refractivity contribution in [2.75, 3.05) is 0 Å². The second kappa shape index (κ2) is 5.46. The van der Waals surface area contributed by atoms with Crippen LogP contribution in [0, 0.1) is 5.82 Å². The highest BCUT2D eigenvalue weighted by atomic mass is 79.9. The van der Waals surface area contributed by atoms with Gasteiger partial charge in [-0.15, -0.1) is 0 Å². The minimum atomic E-state index is -0.211. The Hall–Kier alpha value is -2.59. The van der Waals surface area contributed by atoms with E-state index in [2.05, 4.69) is 73.9 Å². The average Bonchev–Trinajstić information content (AvgIpc) is 3.21. The number of nitrogens with zero attached hydrogens (tertiary/aromatic N) is 2. The molecule has 2 nitrogen and oxygen atoms in total. The summed E-state index contributed by atoms with van der Waals surface area (Å²) in [6.45, 7) is 0.799. The Morgan fingerprint density at radius 2 is 1.72 bits per heavy atom. The summed E-state index contributed by atoms with van der Waals surface area (Å²) >= 11 is 3.58. The Balaban J connectivity index is 1.71. The first-order chi connectivity index (χ1) is 12.2. The summed E-state index contributed by atoms with van der Waals surface area (Å²) in [5.74, 6) is -0.211. The van der Waals surface area contributed by atoms with Gasteiger partial charge in [-0.25, -0.2) is 4.39 Å². The summed E-state index contributed by atoms with van der Waals surface area (Å²) in [5, 5.41) is 0. The van der Waals surface area contributed by atoms with E-state index >= 15 is 0 Å². The predicted molar refractivity (Wildman–Crippen MR) is 101 cm³/mol. The van der Waals surface area contributed by atoms with Crippen LogP contribution in [-0.2, 0) is 6.54 Å². The summed E-state index contributed by atoms with van der Waals surface area (Å²) in [6.07, 6.45) is 4.25. The fourth-order valence-corrected chi connectivity index (χ4v) is 3.96. The molecule has 0 aliphatic carbocycles. The van der Waals surface area contributed by atoms with Crippen molar-refractivity contribution in [3.63, 3.8) is 0 Å². The van der Waals surface area contributed by atoms with Gasteiger partial charge in [0, 0.05) is 29.0 Å². The predicted octanol–water partition coefficient (Wildman–Crippen LogP) is 5.88. The zero-order chi connectivity index (χ0) is 17.0. The van der Waals surface area contributed by atoms with Crippen molar-refractivity contribution in [2.45, 2.75) is 6.54 Å². The standard InChI is InChI=1S/C21H14BrFN2/c22-17-5-8-19-16(10-17)13-24-12-15(14-3-6-18(23)7-4-14)11-21(24)20-2-1-9-25(19)20/h1-12H,13H2. The molecule has 25 heavy (non-hydrogen) atoms. The minimum Gasteiger partial charge on any atom is -0.341 e. The number of halogens is 2. The molecule has 2 aromatic heterocycles. The summed E-state index contributed by atoms with van der Waals surface area (Å²) in [5.41, 5.74) is 6.91. The van der Waals surface area contributed by atoms with Crippen molar-refractivity contribution < 1.29 is 4.39 Å². The third kappa shape index (κ3) is 2.36. The first kappa shape index (κ1) is 14.7. The molecule has 0 spiro atoms. The van der Waals surface area contributed by atoms with E-state index in [-0.39, 0.29) is 5.82 Å². The van der Waals surface area contributed by atoms with Crippen molar-refractivity contribution in [1.29, 1.82) is 0 Å². The van der Waals surface area contributed by atoms with Crippen LogP contribution in [0.15, 0.2) is 77.5 Å². The number of aromatic nitrogens is 2. The van der Waals surface area contributed by atoms with Crippen LogP contribution in [0.5, 0.6) is 0 Å². The van der Waals surface area contributed by atoms with Gasteiger partial charge in [-0.1, -0.05) is 28.1 Å². The monoisotopic (exact) mass is 392 g/mol. The highest BCUT2D eigenvalue weighted by Gasteiger charge is 2.20. The van der Waals surface area contributed by atoms with Crippen molar-refractivity contribution in [3.05, 3.63) is 88.9 Å². The summed E-state index contributed by atoms with van der Waals surface area (Å²) in [4.78, 5) is 0. The van der Waals surface area contributed by atoms with E-state index in [9.17, 15) is 4.39 Å². The summed E-state index contributed by atoms with van der Waals surface area (Å²) in [7, 11) is 0. The van der Waals surface area contributed by atoms with Crippen LogP contribution >= 0.6 is 15.9 Å². The van der Waals surface area contributed by atoms with Crippen molar-refractivity contribution >= 4 is 15.9 Å². The lowest BCUT2D eigenvalue weighted by atomic mass is 10.1. The molecule has 0 fully saturated rings. The fraction of sp³-hybridized carbons (Fsp3) is 0.0476. The SMILES string of the molecule is Fc1ccc(-c2cc3n(c2)Cc2cc(Br)ccc2-n2cccc2-3)cc1. The van der Waals surface area contributed by atoms with Crippen LogP contribution in [0.3, 0.4) is 0 Å². The summed E-state index contributed by atoms with van der Waals surface area (Å²) < 4.78 is 18.8. The van der Waals surface area contributed by atoms with Crippen LogP contribution in [0.4, 0.5) is 4.39 Å². The van der Waals surface area contributed by atoms with Gasteiger partial charge in [-0.05, 0) is 59.7 Å². The molecule has 1 aliphatic heterocycles. The van der Waals surface area contributed by atoms with Crippen LogP contribution in [0.25, 0.3) is 28.2 Å². The van der Waals surface area contributed by atoms with Gasteiger partial charge in [-0.3, -0.25) is 0 Å². The maximum atomic E-state index is 13.2. The highest BCUT2D eigenvalue weighted by molar-refractivity contribution is 9.10. The van der Waals surface area contributed by atoms with Gasteiger partial charge in [0.2, 0.25) is 0 Å². The molecular formula is C21H14BrFN2. The second-order valence-corrected chi connectivity index (χ2v) is 7.20. The quantitative estimate of drug-likeness (QED) is 0.337.